The van der Waals surface area contributed by atoms with Gasteiger partial charge in [0.05, 0.1) is 17.1 Å². The first-order valence-corrected chi connectivity index (χ1v) is 7.15. The van der Waals surface area contributed by atoms with Crippen LogP contribution >= 0.6 is 24.0 Å². The van der Waals surface area contributed by atoms with Crippen LogP contribution in [0.1, 0.15) is 25.3 Å². The van der Waals surface area contributed by atoms with Crippen molar-refractivity contribution in [3.05, 3.63) is 28.8 Å². The van der Waals surface area contributed by atoms with Crippen LogP contribution < -0.4 is 10.6 Å². The first-order chi connectivity index (χ1) is 10.6. The molecule has 0 aliphatic carbocycles. The Bertz CT molecular complexity index is 583. The molecule has 1 aromatic carbocycles. The zero-order chi connectivity index (χ0) is 17.6. The minimum absolute atomic E-state index is 0. The van der Waals surface area contributed by atoms with Crippen molar-refractivity contribution in [3.63, 3.8) is 0 Å². The number of carboxylic acids is 1. The van der Waals surface area contributed by atoms with Gasteiger partial charge in [-0.25, -0.2) is 0 Å². The van der Waals surface area contributed by atoms with Crippen molar-refractivity contribution in [1.82, 2.24) is 5.32 Å². The van der Waals surface area contributed by atoms with E-state index in [1.54, 1.807) is 6.92 Å². The minimum Gasteiger partial charge on any atom is -0.480 e. The Morgan fingerprint density at radius 3 is 2.46 bits per heavy atom. The van der Waals surface area contributed by atoms with E-state index >= 15 is 0 Å². The maximum atomic E-state index is 12.7. The number of aliphatic carboxylic acids is 1. The van der Waals surface area contributed by atoms with Gasteiger partial charge in [-0.2, -0.15) is 13.2 Å². The molecule has 0 bridgehead atoms. The number of carbonyl (C=O) groups is 2. The lowest BCUT2D eigenvalue weighted by atomic mass is 10.1. The van der Waals surface area contributed by atoms with E-state index in [1.165, 1.54) is 6.07 Å². The number of anilines is 1. The highest BCUT2D eigenvalue weighted by Crippen LogP contribution is 2.36. The Balaban J connectivity index is 0.00000529. The van der Waals surface area contributed by atoms with Crippen LogP contribution in [0.25, 0.3) is 0 Å². The van der Waals surface area contributed by atoms with E-state index in [2.05, 4.69) is 10.6 Å². The molecule has 1 aromatic rings. The summed E-state index contributed by atoms with van der Waals surface area (Å²) in [6, 6.07) is 2.10. The van der Waals surface area contributed by atoms with Gasteiger partial charge in [-0.3, -0.25) is 14.9 Å². The standard InChI is InChI=1S/C14H16ClF3N2O3.ClH/c1-2-3-11(13(22)23)19-7-12(21)20-8-4-5-10(15)9(6-8)14(16,17)18;/h4-6,11,19H,2-3,7H2,1H3,(H,20,21)(H,22,23);1H. The molecule has 10 heteroatoms. The molecule has 1 rings (SSSR count). The molecule has 3 N–H and O–H groups in total. The van der Waals surface area contributed by atoms with Crippen molar-refractivity contribution >= 4 is 41.6 Å². The topological polar surface area (TPSA) is 78.4 Å². The molecular weight excluding hydrogens is 372 g/mol. The molecule has 1 unspecified atom stereocenters. The summed E-state index contributed by atoms with van der Waals surface area (Å²) in [5.74, 6) is -1.74. The van der Waals surface area contributed by atoms with Crippen molar-refractivity contribution < 1.29 is 27.9 Å². The molecule has 0 aliphatic heterocycles. The number of carbonyl (C=O) groups excluding carboxylic acids is 1. The number of alkyl halides is 3. The van der Waals surface area contributed by atoms with E-state index < -0.39 is 34.7 Å². The molecule has 0 spiro atoms. The van der Waals surface area contributed by atoms with Gasteiger partial charge in [-0.15, -0.1) is 12.4 Å². The summed E-state index contributed by atoms with van der Waals surface area (Å²) >= 11 is 5.48. The molecule has 0 aromatic heterocycles. The fourth-order valence-corrected chi connectivity index (χ4v) is 2.07. The second-order valence-corrected chi connectivity index (χ2v) is 5.21. The smallest absolute Gasteiger partial charge is 0.417 e. The molecular formula is C14H17Cl2F3N2O3. The van der Waals surface area contributed by atoms with Crippen molar-refractivity contribution in [2.75, 3.05) is 11.9 Å². The number of rotatable bonds is 7. The second-order valence-electron chi connectivity index (χ2n) is 4.80. The number of halogens is 5. The average Bonchev–Trinajstić information content (AvgIpc) is 2.44. The molecule has 0 saturated heterocycles. The summed E-state index contributed by atoms with van der Waals surface area (Å²) in [5.41, 5.74) is -1.13. The van der Waals surface area contributed by atoms with Gasteiger partial charge in [0.2, 0.25) is 5.91 Å². The molecule has 1 amide bonds. The van der Waals surface area contributed by atoms with Gasteiger partial charge in [0.15, 0.2) is 0 Å². The van der Waals surface area contributed by atoms with Gasteiger partial charge in [0.1, 0.15) is 6.04 Å². The van der Waals surface area contributed by atoms with Gasteiger partial charge in [0.25, 0.3) is 0 Å². The van der Waals surface area contributed by atoms with Crippen LogP contribution in [-0.2, 0) is 15.8 Å². The first kappa shape index (κ1) is 22.5. The molecule has 5 nitrogen and oxygen atoms in total. The molecule has 0 heterocycles. The molecule has 1 atom stereocenters. The monoisotopic (exact) mass is 388 g/mol. The van der Waals surface area contributed by atoms with Crippen LogP contribution in [0, 0.1) is 0 Å². The Hall–Kier alpha value is -1.51. The van der Waals surface area contributed by atoms with Crippen molar-refractivity contribution in [2.24, 2.45) is 0 Å². The number of nitrogens with one attached hydrogen (secondary N) is 2. The van der Waals surface area contributed by atoms with Gasteiger partial charge in [-0.1, -0.05) is 24.9 Å². The predicted octanol–water partition coefficient (Wildman–Crippen LogP) is 3.56. The van der Waals surface area contributed by atoms with Crippen LogP contribution in [0.2, 0.25) is 5.02 Å². The van der Waals surface area contributed by atoms with Gasteiger partial charge >= 0.3 is 12.1 Å². The molecule has 0 aliphatic rings. The highest BCUT2D eigenvalue weighted by atomic mass is 35.5. The fraction of sp³-hybridized carbons (Fsp3) is 0.429. The SMILES string of the molecule is CCCC(NCC(=O)Nc1ccc(Cl)c(C(F)(F)F)c1)C(=O)O.Cl. The summed E-state index contributed by atoms with van der Waals surface area (Å²) in [4.78, 5) is 22.6. The summed E-state index contributed by atoms with van der Waals surface area (Å²) in [7, 11) is 0. The van der Waals surface area contributed by atoms with Crippen molar-refractivity contribution in [3.8, 4) is 0 Å². The van der Waals surface area contributed by atoms with E-state index in [4.69, 9.17) is 16.7 Å². The third kappa shape index (κ3) is 6.94. The molecule has 0 saturated carbocycles. The van der Waals surface area contributed by atoms with E-state index in [1.807, 2.05) is 0 Å². The van der Waals surface area contributed by atoms with Crippen molar-refractivity contribution in [1.29, 1.82) is 0 Å². The first-order valence-electron chi connectivity index (χ1n) is 6.78. The number of amides is 1. The maximum absolute atomic E-state index is 12.7. The largest absolute Gasteiger partial charge is 0.480 e. The molecule has 0 fully saturated rings. The third-order valence-corrected chi connectivity index (χ3v) is 3.27. The quantitative estimate of drug-likeness (QED) is 0.667. The third-order valence-electron chi connectivity index (χ3n) is 2.94. The highest BCUT2D eigenvalue weighted by molar-refractivity contribution is 6.31. The van der Waals surface area contributed by atoms with Gasteiger partial charge < -0.3 is 10.4 Å². The Morgan fingerprint density at radius 2 is 1.96 bits per heavy atom. The lowest BCUT2D eigenvalue weighted by Gasteiger charge is -2.14. The minimum atomic E-state index is -4.63. The van der Waals surface area contributed by atoms with Crippen LogP contribution in [0.15, 0.2) is 18.2 Å². The average molecular weight is 389 g/mol. The van der Waals surface area contributed by atoms with Crippen LogP contribution in [0.3, 0.4) is 0 Å². The molecule has 0 radical (unpaired) electrons. The lowest BCUT2D eigenvalue weighted by molar-refractivity contribution is -0.140. The summed E-state index contributed by atoms with van der Waals surface area (Å²) < 4.78 is 38.2. The normalized spacial score (nSPS) is 12.2. The van der Waals surface area contributed by atoms with E-state index in [0.29, 0.717) is 12.8 Å². The molecule has 24 heavy (non-hydrogen) atoms. The zero-order valence-corrected chi connectivity index (χ0v) is 14.2. The number of carboxylic acid groups (broad SMARTS) is 1. The number of hydrogen-bond acceptors (Lipinski definition) is 3. The van der Waals surface area contributed by atoms with E-state index in [0.717, 1.165) is 12.1 Å². The Morgan fingerprint density at radius 1 is 1.33 bits per heavy atom. The Kier molecular flexibility index (Phi) is 9.09. The van der Waals surface area contributed by atoms with Gasteiger partial charge in [-0.05, 0) is 24.6 Å². The molecule has 136 valence electrons. The van der Waals surface area contributed by atoms with Crippen molar-refractivity contribution in [2.45, 2.75) is 32.0 Å². The zero-order valence-electron chi connectivity index (χ0n) is 12.6. The van der Waals surface area contributed by atoms with Crippen LogP contribution in [0.5, 0.6) is 0 Å². The van der Waals surface area contributed by atoms with E-state index in [-0.39, 0.29) is 24.6 Å². The van der Waals surface area contributed by atoms with Crippen LogP contribution in [0.4, 0.5) is 18.9 Å². The summed E-state index contributed by atoms with van der Waals surface area (Å²) in [6.45, 7) is 1.46. The lowest BCUT2D eigenvalue weighted by Crippen LogP contribution is -2.41. The van der Waals surface area contributed by atoms with Gasteiger partial charge in [0, 0.05) is 5.69 Å². The Labute approximate surface area is 148 Å². The highest BCUT2D eigenvalue weighted by Gasteiger charge is 2.33. The second kappa shape index (κ2) is 9.71. The maximum Gasteiger partial charge on any atom is 0.417 e. The number of benzene rings is 1. The fourth-order valence-electron chi connectivity index (χ4n) is 1.84. The van der Waals surface area contributed by atoms with Crippen LogP contribution in [-0.4, -0.2) is 29.6 Å². The number of hydrogen-bond donors (Lipinski definition) is 3. The predicted molar refractivity (Wildman–Crippen MR) is 86.7 cm³/mol. The summed E-state index contributed by atoms with van der Waals surface area (Å²) in [6.07, 6.45) is -3.69. The van der Waals surface area contributed by atoms with E-state index in [9.17, 15) is 22.8 Å². The summed E-state index contributed by atoms with van der Waals surface area (Å²) in [5, 5.41) is 13.3.